The Kier molecular flexibility index (Phi) is 5.78. The number of halogens is 1. The zero-order valence-corrected chi connectivity index (χ0v) is 16.1. The average Bonchev–Trinajstić information content (AvgIpc) is 2.67. The molecule has 0 saturated heterocycles. The average molecular weight is 383 g/mol. The smallest absolute Gasteiger partial charge is 0.340 e. The molecule has 0 spiro atoms. The van der Waals surface area contributed by atoms with Crippen LogP contribution in [0.1, 0.15) is 22.3 Å². The minimum absolute atomic E-state index is 0.0569. The number of methoxy groups -OCH3 is 1. The van der Waals surface area contributed by atoms with Crippen LogP contribution in [0.2, 0.25) is 0 Å². The number of benzene rings is 2. The van der Waals surface area contributed by atoms with Gasteiger partial charge in [0.05, 0.1) is 19.1 Å². The first kappa shape index (κ1) is 19.6. The van der Waals surface area contributed by atoms with Gasteiger partial charge in [0.1, 0.15) is 17.1 Å². The minimum atomic E-state index is -0.518. The fourth-order valence-corrected chi connectivity index (χ4v) is 3.22. The lowest BCUT2D eigenvalue weighted by molar-refractivity contribution is -0.120. The van der Waals surface area contributed by atoms with Crippen LogP contribution in [-0.2, 0) is 17.6 Å². The maximum Gasteiger partial charge on any atom is 0.340 e. The molecular weight excluding hydrogens is 361 g/mol. The molecule has 0 atom stereocenters. The second-order valence-electron chi connectivity index (χ2n) is 6.67. The molecule has 0 fully saturated rings. The lowest BCUT2D eigenvalue weighted by Gasteiger charge is -2.12. The van der Waals surface area contributed by atoms with Crippen LogP contribution in [0, 0.1) is 19.7 Å². The van der Waals surface area contributed by atoms with Crippen LogP contribution in [0.4, 0.5) is 4.39 Å². The van der Waals surface area contributed by atoms with Crippen LogP contribution < -0.4 is 15.7 Å². The van der Waals surface area contributed by atoms with E-state index in [-0.39, 0.29) is 18.1 Å². The monoisotopic (exact) mass is 383 g/mol. The Balaban J connectivity index is 1.73. The van der Waals surface area contributed by atoms with Crippen molar-refractivity contribution in [2.45, 2.75) is 26.7 Å². The number of fused-ring (bicyclic) bond motifs is 1. The fraction of sp³-hybridized carbons (Fsp3) is 0.273. The standard InChI is InChI=1S/C22H22FNO4/c1-13-17-8-9-19(27-3)14(2)21(17)28-22(26)18(13)12-20(25)24-11-10-15-4-6-16(23)7-5-15/h4-9H,10-12H2,1-3H3,(H,24,25). The Hall–Kier alpha value is -3.15. The maximum atomic E-state index is 12.9. The van der Waals surface area contributed by atoms with Crippen molar-refractivity contribution in [3.63, 3.8) is 0 Å². The van der Waals surface area contributed by atoms with E-state index in [1.165, 1.54) is 12.1 Å². The van der Waals surface area contributed by atoms with Gasteiger partial charge in [0, 0.05) is 17.5 Å². The van der Waals surface area contributed by atoms with Gasteiger partial charge in [-0.2, -0.15) is 0 Å². The number of hydrogen-bond donors (Lipinski definition) is 1. The second kappa shape index (κ2) is 8.25. The third kappa shape index (κ3) is 4.06. The molecule has 0 aliphatic carbocycles. The Bertz CT molecular complexity index is 1070. The van der Waals surface area contributed by atoms with Gasteiger partial charge in [0.2, 0.25) is 5.91 Å². The Morgan fingerprint density at radius 2 is 1.82 bits per heavy atom. The highest BCUT2D eigenvalue weighted by Gasteiger charge is 2.17. The van der Waals surface area contributed by atoms with Gasteiger partial charge in [-0.25, -0.2) is 9.18 Å². The van der Waals surface area contributed by atoms with Crippen LogP contribution in [0.3, 0.4) is 0 Å². The van der Waals surface area contributed by atoms with Gasteiger partial charge < -0.3 is 14.5 Å². The first-order chi connectivity index (χ1) is 13.4. The summed E-state index contributed by atoms with van der Waals surface area (Å²) in [6.45, 7) is 4.04. The second-order valence-corrected chi connectivity index (χ2v) is 6.67. The van der Waals surface area contributed by atoms with E-state index in [9.17, 15) is 14.0 Å². The topological polar surface area (TPSA) is 68.5 Å². The number of nitrogens with one attached hydrogen (secondary N) is 1. The highest BCUT2D eigenvalue weighted by Crippen LogP contribution is 2.29. The molecule has 0 aliphatic rings. The molecule has 28 heavy (non-hydrogen) atoms. The Morgan fingerprint density at radius 1 is 1.11 bits per heavy atom. The summed E-state index contributed by atoms with van der Waals surface area (Å²) in [5.41, 5.74) is 2.70. The van der Waals surface area contributed by atoms with Gasteiger partial charge in [0.15, 0.2) is 0 Å². The van der Waals surface area contributed by atoms with Crippen molar-refractivity contribution in [2.75, 3.05) is 13.7 Å². The van der Waals surface area contributed by atoms with Crippen molar-refractivity contribution in [1.82, 2.24) is 5.32 Å². The van der Waals surface area contributed by atoms with Gasteiger partial charge in [-0.1, -0.05) is 12.1 Å². The van der Waals surface area contributed by atoms with Gasteiger partial charge in [0.25, 0.3) is 0 Å². The molecule has 0 radical (unpaired) electrons. The summed E-state index contributed by atoms with van der Waals surface area (Å²) in [4.78, 5) is 24.7. The van der Waals surface area contributed by atoms with Gasteiger partial charge in [-0.3, -0.25) is 4.79 Å². The normalized spacial score (nSPS) is 10.9. The molecule has 3 rings (SSSR count). The summed E-state index contributed by atoms with van der Waals surface area (Å²) >= 11 is 0. The molecule has 2 aromatic carbocycles. The van der Waals surface area contributed by atoms with Crippen LogP contribution in [0.5, 0.6) is 5.75 Å². The van der Waals surface area contributed by atoms with E-state index in [4.69, 9.17) is 9.15 Å². The molecule has 6 heteroatoms. The zero-order valence-electron chi connectivity index (χ0n) is 16.1. The maximum absolute atomic E-state index is 12.9. The third-order valence-electron chi connectivity index (χ3n) is 4.86. The number of carbonyl (C=O) groups excluding carboxylic acids is 1. The van der Waals surface area contributed by atoms with Crippen molar-refractivity contribution in [3.8, 4) is 5.75 Å². The molecule has 5 nitrogen and oxygen atoms in total. The van der Waals surface area contributed by atoms with E-state index >= 15 is 0 Å². The largest absolute Gasteiger partial charge is 0.496 e. The van der Waals surface area contributed by atoms with Crippen molar-refractivity contribution in [2.24, 2.45) is 0 Å². The fourth-order valence-electron chi connectivity index (χ4n) is 3.22. The van der Waals surface area contributed by atoms with E-state index in [1.54, 1.807) is 19.2 Å². The number of hydrogen-bond acceptors (Lipinski definition) is 4. The van der Waals surface area contributed by atoms with E-state index in [0.717, 1.165) is 22.1 Å². The number of ether oxygens (including phenoxy) is 1. The van der Waals surface area contributed by atoms with Crippen LogP contribution in [0.15, 0.2) is 45.6 Å². The number of carbonyl (C=O) groups is 1. The summed E-state index contributed by atoms with van der Waals surface area (Å²) in [6.07, 6.45) is 0.523. The van der Waals surface area contributed by atoms with Gasteiger partial charge in [-0.05, 0) is 55.7 Å². The van der Waals surface area contributed by atoms with E-state index in [2.05, 4.69) is 5.32 Å². The van der Waals surface area contributed by atoms with E-state index < -0.39 is 5.63 Å². The highest BCUT2D eigenvalue weighted by molar-refractivity contribution is 5.87. The first-order valence-corrected chi connectivity index (χ1v) is 9.01. The summed E-state index contributed by atoms with van der Waals surface area (Å²) in [6, 6.07) is 9.78. The van der Waals surface area contributed by atoms with Crippen LogP contribution in [-0.4, -0.2) is 19.6 Å². The van der Waals surface area contributed by atoms with Gasteiger partial charge in [-0.15, -0.1) is 0 Å². The quantitative estimate of drug-likeness (QED) is 0.662. The number of amides is 1. The molecule has 0 bridgehead atoms. The third-order valence-corrected chi connectivity index (χ3v) is 4.86. The Morgan fingerprint density at radius 3 is 2.50 bits per heavy atom. The Labute approximate surface area is 162 Å². The van der Waals surface area contributed by atoms with Crippen LogP contribution in [0.25, 0.3) is 11.0 Å². The van der Waals surface area contributed by atoms with Crippen LogP contribution >= 0.6 is 0 Å². The number of rotatable bonds is 6. The minimum Gasteiger partial charge on any atom is -0.496 e. The highest BCUT2D eigenvalue weighted by atomic mass is 19.1. The molecular formula is C22H22FNO4. The molecule has 1 amide bonds. The van der Waals surface area contributed by atoms with E-state index in [1.807, 2.05) is 26.0 Å². The lowest BCUT2D eigenvalue weighted by Crippen LogP contribution is -2.29. The first-order valence-electron chi connectivity index (χ1n) is 9.01. The summed E-state index contributed by atoms with van der Waals surface area (Å²) in [5.74, 6) is 0.0857. The molecule has 1 heterocycles. The zero-order chi connectivity index (χ0) is 20.3. The SMILES string of the molecule is COc1ccc2c(C)c(CC(=O)NCCc3ccc(F)cc3)c(=O)oc2c1C. The predicted molar refractivity (Wildman–Crippen MR) is 105 cm³/mol. The summed E-state index contributed by atoms with van der Waals surface area (Å²) in [5, 5.41) is 3.58. The predicted octanol–water partition coefficient (Wildman–Crippen LogP) is 3.46. The molecule has 0 aliphatic heterocycles. The van der Waals surface area contributed by atoms with Gasteiger partial charge >= 0.3 is 5.63 Å². The lowest BCUT2D eigenvalue weighted by atomic mass is 10.0. The summed E-state index contributed by atoms with van der Waals surface area (Å²) in [7, 11) is 1.56. The molecule has 1 aromatic heterocycles. The molecule has 3 aromatic rings. The van der Waals surface area contributed by atoms with Crippen molar-refractivity contribution in [1.29, 1.82) is 0 Å². The summed E-state index contributed by atoms with van der Waals surface area (Å²) < 4.78 is 23.7. The molecule has 146 valence electrons. The van der Waals surface area contributed by atoms with Crippen molar-refractivity contribution in [3.05, 3.63) is 74.9 Å². The van der Waals surface area contributed by atoms with E-state index in [0.29, 0.717) is 29.9 Å². The molecule has 0 unspecified atom stereocenters. The van der Waals surface area contributed by atoms with Crippen molar-refractivity contribution >= 4 is 16.9 Å². The van der Waals surface area contributed by atoms with Crippen molar-refractivity contribution < 1.29 is 18.3 Å². The number of aryl methyl sites for hydroxylation is 2. The molecule has 1 N–H and O–H groups in total. The molecule has 0 saturated carbocycles.